The lowest BCUT2D eigenvalue weighted by atomic mass is 10.1. The molecule has 0 saturated carbocycles. The summed E-state index contributed by atoms with van der Waals surface area (Å²) in [5.41, 5.74) is 8.21. The Labute approximate surface area is 146 Å². The average Bonchev–Trinajstić information content (AvgIpc) is 3.01. The quantitative estimate of drug-likeness (QED) is 0.838. The van der Waals surface area contributed by atoms with Crippen LogP contribution in [0.5, 0.6) is 11.5 Å². The molecule has 24 heavy (non-hydrogen) atoms. The van der Waals surface area contributed by atoms with Crippen molar-refractivity contribution in [3.05, 3.63) is 59.2 Å². The zero-order valence-electron chi connectivity index (χ0n) is 13.1. The summed E-state index contributed by atoms with van der Waals surface area (Å²) in [6.07, 6.45) is 1.40. The Morgan fingerprint density at radius 3 is 2.71 bits per heavy atom. The highest BCUT2D eigenvalue weighted by Gasteiger charge is 2.25. The molecule has 2 aromatic rings. The third kappa shape index (κ3) is 3.99. The van der Waals surface area contributed by atoms with Crippen molar-refractivity contribution in [2.45, 2.75) is 18.9 Å². The molecule has 3 rings (SSSR count). The summed E-state index contributed by atoms with van der Waals surface area (Å²) in [7, 11) is 0. The first-order chi connectivity index (χ1) is 11.1. The summed E-state index contributed by atoms with van der Waals surface area (Å²) in [5, 5.41) is 9.44. The predicted molar refractivity (Wildman–Crippen MR) is 93.5 cm³/mol. The molecule has 1 heterocycles. The van der Waals surface area contributed by atoms with Crippen LogP contribution in [0.25, 0.3) is 0 Å². The maximum Gasteiger partial charge on any atom is 0.343 e. The number of halogens is 1. The number of carbonyl (C=O) groups is 1. The Morgan fingerprint density at radius 2 is 2.00 bits per heavy atom. The molecular formula is C18H20ClNO4. The van der Waals surface area contributed by atoms with Crippen LogP contribution >= 0.6 is 12.4 Å². The SMILES string of the molecule is Cl.N[C@@H](COc1ccc2c(c1C(=O)O)OCC2)Cc1ccccc1. The maximum absolute atomic E-state index is 11.5. The minimum Gasteiger partial charge on any atom is -0.492 e. The molecule has 3 N–H and O–H groups in total. The fourth-order valence-electron chi connectivity index (χ4n) is 2.73. The third-order valence-corrected chi connectivity index (χ3v) is 3.83. The summed E-state index contributed by atoms with van der Waals surface area (Å²) in [6.45, 7) is 0.751. The molecule has 0 unspecified atom stereocenters. The van der Waals surface area contributed by atoms with Gasteiger partial charge in [-0.1, -0.05) is 36.4 Å². The highest BCUT2D eigenvalue weighted by atomic mass is 35.5. The van der Waals surface area contributed by atoms with Crippen molar-refractivity contribution >= 4 is 18.4 Å². The molecule has 1 aliphatic heterocycles. The molecule has 0 aromatic heterocycles. The minimum atomic E-state index is -1.05. The first-order valence-corrected chi connectivity index (χ1v) is 7.59. The molecule has 6 heteroatoms. The van der Waals surface area contributed by atoms with Crippen LogP contribution in [0, 0.1) is 0 Å². The lowest BCUT2D eigenvalue weighted by Crippen LogP contribution is -2.30. The van der Waals surface area contributed by atoms with Crippen LogP contribution in [0.2, 0.25) is 0 Å². The van der Waals surface area contributed by atoms with Crippen molar-refractivity contribution in [3.8, 4) is 11.5 Å². The van der Waals surface area contributed by atoms with E-state index in [-0.39, 0.29) is 30.6 Å². The van der Waals surface area contributed by atoms with Gasteiger partial charge in [0.25, 0.3) is 0 Å². The van der Waals surface area contributed by atoms with Gasteiger partial charge in [-0.15, -0.1) is 12.4 Å². The third-order valence-electron chi connectivity index (χ3n) is 3.83. The largest absolute Gasteiger partial charge is 0.492 e. The van der Waals surface area contributed by atoms with Gasteiger partial charge in [0.1, 0.15) is 23.7 Å². The number of carboxylic acid groups (broad SMARTS) is 1. The number of aromatic carboxylic acids is 1. The van der Waals surface area contributed by atoms with Crippen LogP contribution < -0.4 is 15.2 Å². The van der Waals surface area contributed by atoms with Crippen molar-refractivity contribution in [3.63, 3.8) is 0 Å². The lowest BCUT2D eigenvalue weighted by molar-refractivity contribution is 0.0688. The molecule has 0 radical (unpaired) electrons. The van der Waals surface area contributed by atoms with E-state index in [0.717, 1.165) is 17.5 Å². The van der Waals surface area contributed by atoms with Gasteiger partial charge in [-0.25, -0.2) is 4.79 Å². The molecular weight excluding hydrogens is 330 g/mol. The minimum absolute atomic E-state index is 0. The van der Waals surface area contributed by atoms with Gasteiger partial charge >= 0.3 is 5.97 Å². The Hall–Kier alpha value is -2.24. The highest BCUT2D eigenvalue weighted by molar-refractivity contribution is 5.95. The Bertz CT molecular complexity index is 706. The first-order valence-electron chi connectivity index (χ1n) is 7.59. The number of rotatable bonds is 6. The average molecular weight is 350 g/mol. The van der Waals surface area contributed by atoms with E-state index in [1.165, 1.54) is 0 Å². The summed E-state index contributed by atoms with van der Waals surface area (Å²) in [6, 6.07) is 13.2. The standard InChI is InChI=1S/C18H19NO4.ClH/c19-14(10-12-4-2-1-3-5-12)11-23-15-7-6-13-8-9-22-17(13)16(15)18(20)21;/h1-7,14H,8-11,19H2,(H,20,21);1H/t14-;/m1./s1. The molecule has 128 valence electrons. The molecule has 0 saturated heterocycles. The number of nitrogens with two attached hydrogens (primary N) is 1. The van der Waals surface area contributed by atoms with E-state index in [9.17, 15) is 9.90 Å². The van der Waals surface area contributed by atoms with E-state index in [0.29, 0.717) is 24.5 Å². The fraction of sp³-hybridized carbons (Fsp3) is 0.278. The van der Waals surface area contributed by atoms with E-state index in [1.807, 2.05) is 36.4 Å². The van der Waals surface area contributed by atoms with Gasteiger partial charge in [0, 0.05) is 12.5 Å². The van der Waals surface area contributed by atoms with Crippen molar-refractivity contribution in [2.75, 3.05) is 13.2 Å². The molecule has 5 nitrogen and oxygen atoms in total. The van der Waals surface area contributed by atoms with Crippen LogP contribution in [-0.4, -0.2) is 30.3 Å². The monoisotopic (exact) mass is 349 g/mol. The zero-order valence-corrected chi connectivity index (χ0v) is 13.9. The molecule has 0 amide bonds. The van der Waals surface area contributed by atoms with Gasteiger partial charge in [-0.05, 0) is 23.6 Å². The normalized spacial score (nSPS) is 13.4. The van der Waals surface area contributed by atoms with Crippen LogP contribution in [0.3, 0.4) is 0 Å². The number of hydrogen-bond donors (Lipinski definition) is 2. The summed E-state index contributed by atoms with van der Waals surface area (Å²) >= 11 is 0. The molecule has 1 aliphatic rings. The number of hydrogen-bond acceptors (Lipinski definition) is 4. The van der Waals surface area contributed by atoms with Crippen molar-refractivity contribution in [1.82, 2.24) is 0 Å². The molecule has 0 bridgehead atoms. The van der Waals surface area contributed by atoms with Crippen LogP contribution in [0.4, 0.5) is 0 Å². The lowest BCUT2D eigenvalue weighted by Gasteiger charge is -2.16. The molecule has 0 aliphatic carbocycles. The van der Waals surface area contributed by atoms with Crippen LogP contribution in [0.1, 0.15) is 21.5 Å². The van der Waals surface area contributed by atoms with E-state index in [1.54, 1.807) is 6.07 Å². The highest BCUT2D eigenvalue weighted by Crippen LogP contribution is 2.36. The first kappa shape index (κ1) is 18.1. The van der Waals surface area contributed by atoms with Crippen molar-refractivity contribution in [2.24, 2.45) is 5.73 Å². The zero-order chi connectivity index (χ0) is 16.2. The van der Waals surface area contributed by atoms with Gasteiger partial charge in [-0.2, -0.15) is 0 Å². The summed E-state index contributed by atoms with van der Waals surface area (Å²) in [5.74, 6) is -0.316. The van der Waals surface area contributed by atoms with Gasteiger partial charge in [-0.3, -0.25) is 0 Å². The van der Waals surface area contributed by atoms with E-state index < -0.39 is 5.97 Å². The van der Waals surface area contributed by atoms with E-state index in [4.69, 9.17) is 15.2 Å². The van der Waals surface area contributed by atoms with Gasteiger partial charge < -0.3 is 20.3 Å². The Balaban J connectivity index is 0.00000208. The number of ether oxygens (including phenoxy) is 2. The number of carboxylic acids is 1. The van der Waals surface area contributed by atoms with Crippen molar-refractivity contribution in [1.29, 1.82) is 0 Å². The Kier molecular flexibility index (Phi) is 6.06. The van der Waals surface area contributed by atoms with E-state index in [2.05, 4.69) is 0 Å². The fourth-order valence-corrected chi connectivity index (χ4v) is 2.73. The van der Waals surface area contributed by atoms with E-state index >= 15 is 0 Å². The van der Waals surface area contributed by atoms with Crippen LogP contribution in [-0.2, 0) is 12.8 Å². The Morgan fingerprint density at radius 1 is 1.25 bits per heavy atom. The van der Waals surface area contributed by atoms with Gasteiger partial charge in [0.15, 0.2) is 0 Å². The molecule has 0 spiro atoms. The molecule has 2 aromatic carbocycles. The van der Waals surface area contributed by atoms with Gasteiger partial charge in [0.05, 0.1) is 6.61 Å². The second kappa shape index (κ2) is 8.04. The van der Waals surface area contributed by atoms with Crippen molar-refractivity contribution < 1.29 is 19.4 Å². The second-order valence-corrected chi connectivity index (χ2v) is 5.59. The van der Waals surface area contributed by atoms with Crippen LogP contribution in [0.15, 0.2) is 42.5 Å². The molecule has 1 atom stereocenters. The number of benzene rings is 2. The maximum atomic E-state index is 11.5. The predicted octanol–water partition coefficient (Wildman–Crippen LogP) is 2.69. The molecule has 0 fully saturated rings. The summed E-state index contributed by atoms with van der Waals surface area (Å²) in [4.78, 5) is 11.5. The van der Waals surface area contributed by atoms with Gasteiger partial charge in [0.2, 0.25) is 0 Å². The summed E-state index contributed by atoms with van der Waals surface area (Å²) < 4.78 is 11.1. The topological polar surface area (TPSA) is 81.8 Å². The second-order valence-electron chi connectivity index (χ2n) is 5.59. The smallest absolute Gasteiger partial charge is 0.343 e. The number of fused-ring (bicyclic) bond motifs is 1.